The van der Waals surface area contributed by atoms with Crippen molar-refractivity contribution >= 4 is 39.0 Å². The molecule has 0 saturated heterocycles. The topological polar surface area (TPSA) is 77.9 Å². The maximum Gasteiger partial charge on any atom is 0.350 e. The van der Waals surface area contributed by atoms with Gasteiger partial charge in [0.25, 0.3) is 0 Å². The molecule has 4 aromatic rings. The zero-order valence-electron chi connectivity index (χ0n) is 15.5. The number of pyridine rings is 1. The van der Waals surface area contributed by atoms with Crippen molar-refractivity contribution < 1.29 is 24.1 Å². The zero-order chi connectivity index (χ0) is 19.8. The lowest BCUT2D eigenvalue weighted by atomic mass is 10.00. The predicted molar refractivity (Wildman–Crippen MR) is 109 cm³/mol. The van der Waals surface area contributed by atoms with Gasteiger partial charge in [-0.25, -0.2) is 9.78 Å². The van der Waals surface area contributed by atoms with Crippen LogP contribution in [0.4, 0.5) is 0 Å². The quantitative estimate of drug-likeness (QED) is 0.508. The van der Waals surface area contributed by atoms with Gasteiger partial charge in [-0.2, -0.15) is 0 Å². The molecule has 0 atom stereocenters. The molecule has 0 spiro atoms. The van der Waals surface area contributed by atoms with Crippen molar-refractivity contribution in [3.05, 3.63) is 46.7 Å². The number of carbonyl (C=O) groups excluding carboxylic acids is 1. The maximum atomic E-state index is 12.2. The average Bonchev–Trinajstić information content (AvgIpc) is 3.15. The van der Waals surface area contributed by atoms with Gasteiger partial charge in [0.1, 0.15) is 10.6 Å². The van der Waals surface area contributed by atoms with E-state index in [1.54, 1.807) is 32.4 Å². The molecule has 0 fully saturated rings. The van der Waals surface area contributed by atoms with Gasteiger partial charge in [0.05, 0.1) is 32.5 Å². The van der Waals surface area contributed by atoms with Gasteiger partial charge >= 0.3 is 5.97 Å². The summed E-state index contributed by atoms with van der Waals surface area (Å²) in [6.45, 7) is 0. The summed E-state index contributed by atoms with van der Waals surface area (Å²) < 4.78 is 15.8. The minimum absolute atomic E-state index is 0.131. The molecule has 2 aromatic carbocycles. The molecule has 0 bridgehead atoms. The van der Waals surface area contributed by atoms with Crippen molar-refractivity contribution in [1.82, 2.24) is 4.98 Å². The van der Waals surface area contributed by atoms with Crippen LogP contribution >= 0.6 is 11.3 Å². The number of nitrogens with zero attached hydrogens (tertiary/aromatic N) is 1. The Kier molecular flexibility index (Phi) is 4.52. The summed E-state index contributed by atoms with van der Waals surface area (Å²) in [5.41, 5.74) is 1.90. The van der Waals surface area contributed by atoms with Crippen LogP contribution in [-0.2, 0) is 4.74 Å². The molecule has 2 heterocycles. The lowest BCUT2D eigenvalue weighted by molar-refractivity contribution is 0.0608. The van der Waals surface area contributed by atoms with Crippen LogP contribution in [0.25, 0.3) is 32.9 Å². The van der Waals surface area contributed by atoms with E-state index in [1.165, 1.54) is 18.4 Å². The van der Waals surface area contributed by atoms with E-state index in [-0.39, 0.29) is 5.75 Å². The van der Waals surface area contributed by atoms with Crippen LogP contribution < -0.4 is 9.47 Å². The Labute approximate surface area is 164 Å². The van der Waals surface area contributed by atoms with Crippen molar-refractivity contribution in [3.63, 3.8) is 0 Å². The predicted octanol–water partition coefficient (Wildman–Crippen LogP) is 4.63. The minimum Gasteiger partial charge on any atom is -0.508 e. The number of thiophene rings is 1. The highest BCUT2D eigenvalue weighted by Gasteiger charge is 2.21. The Bertz CT molecular complexity index is 1210. The highest BCUT2D eigenvalue weighted by Crippen LogP contribution is 2.42. The number of aromatic hydroxyl groups is 1. The molecule has 6 nitrogen and oxygen atoms in total. The van der Waals surface area contributed by atoms with E-state index in [9.17, 15) is 9.90 Å². The van der Waals surface area contributed by atoms with E-state index in [2.05, 4.69) is 0 Å². The number of rotatable bonds is 4. The largest absolute Gasteiger partial charge is 0.508 e. The summed E-state index contributed by atoms with van der Waals surface area (Å²) in [6, 6.07) is 10.6. The Morgan fingerprint density at radius 3 is 2.36 bits per heavy atom. The van der Waals surface area contributed by atoms with Gasteiger partial charge in [0.2, 0.25) is 0 Å². The summed E-state index contributed by atoms with van der Waals surface area (Å²) in [5, 5.41) is 14.3. The lowest BCUT2D eigenvalue weighted by Crippen LogP contribution is -2.00. The van der Waals surface area contributed by atoms with Crippen molar-refractivity contribution in [3.8, 4) is 28.5 Å². The minimum atomic E-state index is -0.436. The van der Waals surface area contributed by atoms with E-state index in [0.29, 0.717) is 27.6 Å². The lowest BCUT2D eigenvalue weighted by Gasteiger charge is -2.13. The second kappa shape index (κ2) is 7.01. The van der Waals surface area contributed by atoms with Gasteiger partial charge in [0.15, 0.2) is 11.5 Å². The Morgan fingerprint density at radius 1 is 1.00 bits per heavy atom. The summed E-state index contributed by atoms with van der Waals surface area (Å²) >= 11 is 1.28. The number of hydrogen-bond donors (Lipinski definition) is 1. The smallest absolute Gasteiger partial charge is 0.350 e. The van der Waals surface area contributed by atoms with Gasteiger partial charge in [-0.05, 0) is 29.7 Å². The molecule has 0 aliphatic carbocycles. The second-order valence-corrected chi connectivity index (χ2v) is 6.96. The first-order valence-corrected chi connectivity index (χ1v) is 9.30. The SMILES string of the molecule is COC(=O)c1scc2c1nc(-c1cccc(O)c1)c1cc(OC)c(OC)cc12. The monoisotopic (exact) mass is 395 g/mol. The summed E-state index contributed by atoms with van der Waals surface area (Å²) in [6.07, 6.45) is 0. The van der Waals surface area contributed by atoms with Crippen molar-refractivity contribution in [1.29, 1.82) is 0 Å². The van der Waals surface area contributed by atoms with Crippen LogP contribution in [-0.4, -0.2) is 37.4 Å². The van der Waals surface area contributed by atoms with Crippen LogP contribution in [0.2, 0.25) is 0 Å². The van der Waals surface area contributed by atoms with Gasteiger partial charge in [-0.1, -0.05) is 12.1 Å². The van der Waals surface area contributed by atoms with E-state index >= 15 is 0 Å². The normalized spacial score (nSPS) is 11.0. The van der Waals surface area contributed by atoms with Crippen LogP contribution in [0.1, 0.15) is 9.67 Å². The summed E-state index contributed by atoms with van der Waals surface area (Å²) in [4.78, 5) is 17.4. The molecule has 4 rings (SSSR count). The second-order valence-electron chi connectivity index (χ2n) is 6.08. The number of hydrogen-bond acceptors (Lipinski definition) is 7. The molecule has 1 N–H and O–H groups in total. The standard InChI is InChI=1S/C21H17NO5S/c1-25-16-8-13-14(9-17(16)26-2)18(11-5-4-6-12(23)7-11)22-19-15(13)10-28-20(19)21(24)27-3/h4-10,23H,1-3H3. The Morgan fingerprint density at radius 2 is 1.71 bits per heavy atom. The molecule has 0 aliphatic rings. The fourth-order valence-electron chi connectivity index (χ4n) is 3.23. The number of carbonyl (C=O) groups is 1. The zero-order valence-corrected chi connectivity index (χ0v) is 16.3. The van der Waals surface area contributed by atoms with Crippen molar-refractivity contribution in [2.45, 2.75) is 0 Å². The first-order valence-electron chi connectivity index (χ1n) is 8.42. The molecule has 142 valence electrons. The molecule has 28 heavy (non-hydrogen) atoms. The van der Waals surface area contributed by atoms with Gasteiger partial charge < -0.3 is 19.3 Å². The summed E-state index contributed by atoms with van der Waals surface area (Å²) in [5.74, 6) is 0.844. The third-order valence-corrected chi connectivity index (χ3v) is 5.50. The Hall–Kier alpha value is -3.32. The number of esters is 1. The van der Waals surface area contributed by atoms with Crippen LogP contribution in [0.15, 0.2) is 41.8 Å². The Balaban J connectivity index is 2.16. The van der Waals surface area contributed by atoms with E-state index in [1.807, 2.05) is 23.6 Å². The molecular weight excluding hydrogens is 378 g/mol. The van der Waals surface area contributed by atoms with E-state index in [4.69, 9.17) is 19.2 Å². The number of benzene rings is 2. The molecule has 0 radical (unpaired) electrons. The fourth-order valence-corrected chi connectivity index (χ4v) is 4.16. The number of ether oxygens (including phenoxy) is 3. The third-order valence-electron chi connectivity index (χ3n) is 4.55. The van der Waals surface area contributed by atoms with Gasteiger partial charge in [0, 0.05) is 21.7 Å². The van der Waals surface area contributed by atoms with E-state index < -0.39 is 5.97 Å². The third kappa shape index (κ3) is 2.80. The fraction of sp³-hybridized carbons (Fsp3) is 0.143. The molecule has 0 amide bonds. The average molecular weight is 395 g/mol. The molecular formula is C21H17NO5S. The number of aromatic nitrogens is 1. The number of phenols is 1. The highest BCUT2D eigenvalue weighted by atomic mass is 32.1. The van der Waals surface area contributed by atoms with Gasteiger partial charge in [-0.15, -0.1) is 11.3 Å². The highest BCUT2D eigenvalue weighted by molar-refractivity contribution is 7.13. The molecule has 2 aromatic heterocycles. The van der Waals surface area contributed by atoms with Crippen molar-refractivity contribution in [2.75, 3.05) is 21.3 Å². The summed E-state index contributed by atoms with van der Waals surface area (Å²) in [7, 11) is 4.49. The molecule has 7 heteroatoms. The number of fused-ring (bicyclic) bond motifs is 3. The maximum absolute atomic E-state index is 12.2. The molecule has 0 saturated carbocycles. The van der Waals surface area contributed by atoms with E-state index in [0.717, 1.165) is 21.7 Å². The van der Waals surface area contributed by atoms with Crippen LogP contribution in [0, 0.1) is 0 Å². The van der Waals surface area contributed by atoms with Crippen LogP contribution in [0.3, 0.4) is 0 Å². The molecule has 0 unspecified atom stereocenters. The van der Waals surface area contributed by atoms with Crippen LogP contribution in [0.5, 0.6) is 17.2 Å². The number of phenolic OH excluding ortho intramolecular Hbond substituents is 1. The van der Waals surface area contributed by atoms with Crippen molar-refractivity contribution in [2.24, 2.45) is 0 Å². The first kappa shape index (κ1) is 18.1. The number of methoxy groups -OCH3 is 3. The first-order chi connectivity index (χ1) is 13.6. The van der Waals surface area contributed by atoms with Gasteiger partial charge in [-0.3, -0.25) is 0 Å². The molecule has 0 aliphatic heterocycles.